The summed E-state index contributed by atoms with van der Waals surface area (Å²) in [6, 6.07) is 2.76. The molecule has 2 aromatic heterocycles. The Bertz CT molecular complexity index is 593. The lowest BCUT2D eigenvalue weighted by Crippen LogP contribution is -2.28. The second-order valence-corrected chi connectivity index (χ2v) is 5.54. The third-order valence-corrected chi connectivity index (χ3v) is 4.20. The molecule has 0 spiro atoms. The normalized spacial score (nSPS) is 14.9. The summed E-state index contributed by atoms with van der Waals surface area (Å²) in [6.07, 6.45) is 4.92. The molecule has 0 amide bonds. The van der Waals surface area contributed by atoms with Crippen molar-refractivity contribution in [3.8, 4) is 6.07 Å². The fourth-order valence-corrected chi connectivity index (χ4v) is 3.17. The summed E-state index contributed by atoms with van der Waals surface area (Å²) in [4.78, 5) is 7.90. The summed E-state index contributed by atoms with van der Waals surface area (Å²) >= 11 is 7.68. The summed E-state index contributed by atoms with van der Waals surface area (Å²) in [5.41, 5.74) is 1.04. The number of nitrogens with zero attached hydrogens (tertiary/aromatic N) is 4. The Morgan fingerprint density at radius 3 is 3.11 bits per heavy atom. The third-order valence-electron chi connectivity index (χ3n) is 3.19. The highest BCUT2D eigenvalue weighted by Gasteiger charge is 2.32. The molecule has 4 nitrogen and oxygen atoms in total. The van der Waals surface area contributed by atoms with Crippen molar-refractivity contribution in [2.45, 2.75) is 31.2 Å². The summed E-state index contributed by atoms with van der Waals surface area (Å²) in [7, 11) is 0. The Hall–Kier alpha value is -1.25. The van der Waals surface area contributed by atoms with E-state index in [4.69, 9.17) is 16.9 Å². The molecule has 6 heteroatoms. The molecule has 1 aliphatic rings. The minimum atomic E-state index is 0.447. The van der Waals surface area contributed by atoms with E-state index in [0.29, 0.717) is 18.3 Å². The van der Waals surface area contributed by atoms with Crippen molar-refractivity contribution in [2.24, 2.45) is 0 Å². The number of imidazole rings is 1. The lowest BCUT2D eigenvalue weighted by atomic mass is 10.3. The van der Waals surface area contributed by atoms with Crippen LogP contribution in [0.25, 0.3) is 4.96 Å². The molecule has 1 aliphatic carbocycles. The van der Waals surface area contributed by atoms with Gasteiger partial charge in [0.2, 0.25) is 0 Å². The van der Waals surface area contributed by atoms with Gasteiger partial charge >= 0.3 is 0 Å². The quantitative estimate of drug-likeness (QED) is 0.791. The highest BCUT2D eigenvalue weighted by atomic mass is 35.5. The van der Waals surface area contributed by atoms with Gasteiger partial charge in [-0.05, 0) is 12.8 Å². The van der Waals surface area contributed by atoms with Crippen LogP contribution in [0.4, 0.5) is 5.82 Å². The molecule has 94 valence electrons. The number of rotatable bonds is 5. The molecule has 3 rings (SSSR count). The summed E-state index contributed by atoms with van der Waals surface area (Å²) in [5, 5.41) is 10.8. The monoisotopic (exact) mass is 280 g/mol. The minimum absolute atomic E-state index is 0.447. The molecule has 0 aliphatic heterocycles. The van der Waals surface area contributed by atoms with Crippen molar-refractivity contribution in [3.05, 3.63) is 17.3 Å². The second-order valence-electron chi connectivity index (χ2n) is 4.40. The van der Waals surface area contributed by atoms with Crippen molar-refractivity contribution in [3.63, 3.8) is 0 Å². The van der Waals surface area contributed by atoms with Crippen LogP contribution >= 0.6 is 22.9 Å². The number of hydrogen-bond acceptors (Lipinski definition) is 4. The highest BCUT2D eigenvalue weighted by molar-refractivity contribution is 7.15. The molecule has 0 aromatic carbocycles. The van der Waals surface area contributed by atoms with Crippen molar-refractivity contribution in [2.75, 3.05) is 11.4 Å². The first-order valence-electron chi connectivity index (χ1n) is 5.99. The van der Waals surface area contributed by atoms with E-state index < -0.39 is 0 Å². The first-order valence-corrected chi connectivity index (χ1v) is 7.40. The first-order chi connectivity index (χ1) is 8.85. The highest BCUT2D eigenvalue weighted by Crippen LogP contribution is 2.35. The number of halogens is 1. The number of alkyl halides is 1. The number of fused-ring (bicyclic) bond motifs is 1. The van der Waals surface area contributed by atoms with Gasteiger partial charge in [-0.2, -0.15) is 5.26 Å². The maximum Gasteiger partial charge on any atom is 0.195 e. The van der Waals surface area contributed by atoms with Gasteiger partial charge in [-0.15, -0.1) is 22.9 Å². The van der Waals surface area contributed by atoms with Crippen LogP contribution in [0.5, 0.6) is 0 Å². The molecule has 0 saturated heterocycles. The van der Waals surface area contributed by atoms with Crippen LogP contribution in [0.3, 0.4) is 0 Å². The SMILES string of the molecule is N#CCCN(c1nc2sccn2c1CCl)C1CC1. The minimum Gasteiger partial charge on any atom is -0.351 e. The Morgan fingerprint density at radius 2 is 2.44 bits per heavy atom. The Kier molecular flexibility index (Phi) is 3.14. The predicted molar refractivity (Wildman–Crippen MR) is 73.2 cm³/mol. The van der Waals surface area contributed by atoms with Crippen LogP contribution in [0, 0.1) is 11.3 Å². The smallest absolute Gasteiger partial charge is 0.195 e. The van der Waals surface area contributed by atoms with E-state index in [9.17, 15) is 0 Å². The molecular formula is C12H13ClN4S. The van der Waals surface area contributed by atoms with E-state index >= 15 is 0 Å². The second kappa shape index (κ2) is 4.79. The van der Waals surface area contributed by atoms with Gasteiger partial charge in [-0.25, -0.2) is 4.98 Å². The fourth-order valence-electron chi connectivity index (χ4n) is 2.19. The van der Waals surface area contributed by atoms with Gasteiger partial charge in [0, 0.05) is 24.2 Å². The molecule has 0 unspecified atom stereocenters. The van der Waals surface area contributed by atoms with Gasteiger partial charge in [-0.1, -0.05) is 0 Å². The maximum atomic E-state index is 8.76. The van der Waals surface area contributed by atoms with E-state index in [1.807, 2.05) is 11.6 Å². The van der Waals surface area contributed by atoms with Gasteiger partial charge in [0.05, 0.1) is 24.1 Å². The van der Waals surface area contributed by atoms with E-state index in [1.54, 1.807) is 11.3 Å². The number of thiazole rings is 1. The maximum absolute atomic E-state index is 8.76. The van der Waals surface area contributed by atoms with Crippen LogP contribution in [-0.4, -0.2) is 22.0 Å². The zero-order valence-electron chi connectivity index (χ0n) is 9.84. The number of anilines is 1. The summed E-state index contributed by atoms with van der Waals surface area (Å²) in [5.74, 6) is 1.41. The van der Waals surface area contributed by atoms with Crippen LogP contribution in [0.1, 0.15) is 25.0 Å². The van der Waals surface area contributed by atoms with E-state index in [0.717, 1.165) is 23.0 Å². The number of aromatic nitrogens is 2. The van der Waals surface area contributed by atoms with Crippen LogP contribution in [0.15, 0.2) is 11.6 Å². The molecule has 0 N–H and O–H groups in total. The van der Waals surface area contributed by atoms with Gasteiger partial charge in [0.1, 0.15) is 0 Å². The predicted octanol–water partition coefficient (Wildman–Crippen LogP) is 3.02. The standard InChI is InChI=1S/C12H13ClN4S/c13-8-10-11(15-12-17(10)6-7-18-12)16(5-1-4-14)9-2-3-9/h6-7,9H,1-3,5,8H2. The molecule has 0 atom stereocenters. The van der Waals surface area contributed by atoms with Crippen molar-refractivity contribution in [1.82, 2.24) is 9.38 Å². The summed E-state index contributed by atoms with van der Waals surface area (Å²) in [6.45, 7) is 0.746. The van der Waals surface area contributed by atoms with Gasteiger partial charge in [0.25, 0.3) is 0 Å². The molecular weight excluding hydrogens is 268 g/mol. The zero-order chi connectivity index (χ0) is 12.5. The van der Waals surface area contributed by atoms with Crippen LogP contribution in [0.2, 0.25) is 0 Å². The van der Waals surface area contributed by atoms with Crippen molar-refractivity contribution < 1.29 is 0 Å². The lowest BCUT2D eigenvalue weighted by Gasteiger charge is -2.21. The third kappa shape index (κ3) is 1.96. The Morgan fingerprint density at radius 1 is 1.61 bits per heavy atom. The van der Waals surface area contributed by atoms with Crippen molar-refractivity contribution in [1.29, 1.82) is 5.26 Å². The van der Waals surface area contributed by atoms with Crippen molar-refractivity contribution >= 4 is 33.7 Å². The number of hydrogen-bond donors (Lipinski definition) is 0. The van der Waals surface area contributed by atoms with E-state index in [2.05, 4.69) is 20.4 Å². The first kappa shape index (κ1) is 11.8. The van der Waals surface area contributed by atoms with E-state index in [1.165, 1.54) is 12.8 Å². The molecule has 0 radical (unpaired) electrons. The fraction of sp³-hybridized carbons (Fsp3) is 0.500. The van der Waals surface area contributed by atoms with Gasteiger partial charge < -0.3 is 4.90 Å². The molecule has 2 aromatic rings. The average molecular weight is 281 g/mol. The average Bonchev–Trinajstić information content (AvgIpc) is 3.00. The molecule has 1 saturated carbocycles. The number of nitriles is 1. The van der Waals surface area contributed by atoms with Crippen LogP contribution in [-0.2, 0) is 5.88 Å². The van der Waals surface area contributed by atoms with Gasteiger partial charge in [-0.3, -0.25) is 4.40 Å². The van der Waals surface area contributed by atoms with Crippen LogP contribution < -0.4 is 4.90 Å². The van der Waals surface area contributed by atoms with E-state index in [-0.39, 0.29) is 0 Å². The zero-order valence-corrected chi connectivity index (χ0v) is 11.4. The molecule has 0 bridgehead atoms. The Labute approximate surface area is 114 Å². The largest absolute Gasteiger partial charge is 0.351 e. The summed E-state index contributed by atoms with van der Waals surface area (Å²) < 4.78 is 2.05. The molecule has 18 heavy (non-hydrogen) atoms. The topological polar surface area (TPSA) is 44.3 Å². The molecule has 1 fully saturated rings. The van der Waals surface area contributed by atoms with Gasteiger partial charge in [0.15, 0.2) is 10.8 Å². The lowest BCUT2D eigenvalue weighted by molar-refractivity contribution is 0.776. The molecule has 2 heterocycles. The Balaban J connectivity index is 1.99.